The van der Waals surface area contributed by atoms with Gasteiger partial charge in [-0.05, 0) is 24.3 Å². The molecule has 0 atom stereocenters. The maximum Gasteiger partial charge on any atom is 0.234 e. The summed E-state index contributed by atoms with van der Waals surface area (Å²) in [6.07, 6.45) is 0. The minimum Gasteiger partial charge on any atom is -0.497 e. The zero-order valence-electron chi connectivity index (χ0n) is 17.4. The Morgan fingerprint density at radius 2 is 1.94 bits per heavy atom. The number of ether oxygens (including phenoxy) is 2. The van der Waals surface area contributed by atoms with Crippen molar-refractivity contribution in [3.63, 3.8) is 0 Å². The van der Waals surface area contributed by atoms with Gasteiger partial charge in [0.25, 0.3) is 0 Å². The first-order chi connectivity index (χ1) is 15.2. The zero-order valence-corrected chi connectivity index (χ0v) is 18.2. The molecular formula is C22H25N5O3S. The van der Waals surface area contributed by atoms with Crippen molar-refractivity contribution in [1.29, 1.82) is 0 Å². The summed E-state index contributed by atoms with van der Waals surface area (Å²) >= 11 is 1.36. The maximum absolute atomic E-state index is 12.5. The summed E-state index contributed by atoms with van der Waals surface area (Å²) in [5.74, 6) is 1.65. The number of thioether (sulfide) groups is 1. The molecule has 1 aromatic heterocycles. The van der Waals surface area contributed by atoms with Crippen LogP contribution in [0, 0.1) is 0 Å². The van der Waals surface area contributed by atoms with Gasteiger partial charge in [-0.25, -0.2) is 0 Å². The number of amides is 1. The summed E-state index contributed by atoms with van der Waals surface area (Å²) in [7, 11) is 1.60. The van der Waals surface area contributed by atoms with E-state index in [0.29, 0.717) is 23.1 Å². The predicted molar refractivity (Wildman–Crippen MR) is 120 cm³/mol. The Bertz CT molecular complexity index is 1010. The Morgan fingerprint density at radius 3 is 2.71 bits per heavy atom. The number of hydrogen-bond donors (Lipinski definition) is 1. The Hall–Kier alpha value is -2.88. The second-order valence-corrected chi connectivity index (χ2v) is 7.97. The molecule has 31 heavy (non-hydrogen) atoms. The van der Waals surface area contributed by atoms with E-state index >= 15 is 0 Å². The Morgan fingerprint density at radius 1 is 1.13 bits per heavy atom. The van der Waals surface area contributed by atoms with Crippen LogP contribution in [0.3, 0.4) is 0 Å². The van der Waals surface area contributed by atoms with Crippen molar-refractivity contribution >= 4 is 23.4 Å². The molecule has 0 aliphatic carbocycles. The first-order valence-electron chi connectivity index (χ1n) is 10.1. The first-order valence-corrected chi connectivity index (χ1v) is 11.1. The largest absolute Gasteiger partial charge is 0.497 e. The molecule has 1 amide bonds. The number of nitrogens with one attached hydrogen (secondary N) is 1. The van der Waals surface area contributed by atoms with Gasteiger partial charge in [0.05, 0.1) is 32.6 Å². The van der Waals surface area contributed by atoms with E-state index in [0.717, 1.165) is 37.8 Å². The lowest BCUT2D eigenvalue weighted by molar-refractivity contribution is -0.113. The number of nitrogens with zero attached hydrogens (tertiary/aromatic N) is 4. The third-order valence-corrected chi connectivity index (χ3v) is 5.80. The molecule has 8 nitrogen and oxygen atoms in total. The SMILES string of the molecule is COc1cccc(NC(=O)CSc2nnc(CN3CCOCC3)n2-c2ccccc2)c1. The number of rotatable bonds is 8. The Labute approximate surface area is 185 Å². The van der Waals surface area contributed by atoms with E-state index < -0.39 is 0 Å². The van der Waals surface area contributed by atoms with E-state index in [4.69, 9.17) is 9.47 Å². The molecule has 162 valence electrons. The number of aromatic nitrogens is 3. The fraction of sp³-hybridized carbons (Fsp3) is 0.318. The molecule has 2 heterocycles. The third kappa shape index (κ3) is 5.63. The van der Waals surface area contributed by atoms with E-state index in [2.05, 4.69) is 20.4 Å². The van der Waals surface area contributed by atoms with Crippen molar-refractivity contribution < 1.29 is 14.3 Å². The van der Waals surface area contributed by atoms with Crippen LogP contribution in [0.2, 0.25) is 0 Å². The van der Waals surface area contributed by atoms with Gasteiger partial charge in [0.1, 0.15) is 5.75 Å². The maximum atomic E-state index is 12.5. The van der Waals surface area contributed by atoms with Gasteiger partial charge in [-0.3, -0.25) is 14.3 Å². The predicted octanol–water partition coefficient (Wildman–Crippen LogP) is 2.84. The number of benzene rings is 2. The van der Waals surface area contributed by atoms with E-state index in [1.54, 1.807) is 13.2 Å². The second-order valence-electron chi connectivity index (χ2n) is 7.03. The van der Waals surface area contributed by atoms with Gasteiger partial charge in [-0.15, -0.1) is 10.2 Å². The molecule has 0 unspecified atom stereocenters. The van der Waals surface area contributed by atoms with Crippen LogP contribution in [-0.4, -0.2) is 64.7 Å². The lowest BCUT2D eigenvalue weighted by Gasteiger charge is -2.26. The van der Waals surface area contributed by atoms with Crippen LogP contribution in [-0.2, 0) is 16.1 Å². The van der Waals surface area contributed by atoms with Gasteiger partial charge in [0.2, 0.25) is 5.91 Å². The summed E-state index contributed by atoms with van der Waals surface area (Å²) in [6.45, 7) is 3.87. The highest BCUT2D eigenvalue weighted by atomic mass is 32.2. The molecule has 3 aromatic rings. The second kappa shape index (κ2) is 10.4. The molecule has 1 fully saturated rings. The lowest BCUT2D eigenvalue weighted by atomic mass is 10.3. The number of anilines is 1. The Balaban J connectivity index is 1.47. The van der Waals surface area contributed by atoms with E-state index in [9.17, 15) is 4.79 Å². The van der Waals surface area contributed by atoms with Crippen molar-refractivity contribution in [3.8, 4) is 11.4 Å². The van der Waals surface area contributed by atoms with Crippen LogP contribution in [0.15, 0.2) is 59.8 Å². The average molecular weight is 440 g/mol. The molecule has 0 spiro atoms. The van der Waals surface area contributed by atoms with Crippen molar-refractivity contribution in [2.75, 3.05) is 44.5 Å². The minimum atomic E-state index is -0.115. The summed E-state index contributed by atoms with van der Waals surface area (Å²) in [6, 6.07) is 17.3. The molecule has 4 rings (SSSR count). The van der Waals surface area contributed by atoms with Crippen LogP contribution in [0.25, 0.3) is 5.69 Å². The third-order valence-electron chi connectivity index (χ3n) is 4.87. The molecule has 0 radical (unpaired) electrons. The highest BCUT2D eigenvalue weighted by Gasteiger charge is 2.19. The summed E-state index contributed by atoms with van der Waals surface area (Å²) in [5.41, 5.74) is 1.67. The molecule has 1 aliphatic rings. The zero-order chi connectivity index (χ0) is 21.5. The number of carbonyl (C=O) groups excluding carboxylic acids is 1. The van der Waals surface area contributed by atoms with Crippen LogP contribution < -0.4 is 10.1 Å². The van der Waals surface area contributed by atoms with Gasteiger partial charge in [0.15, 0.2) is 11.0 Å². The van der Waals surface area contributed by atoms with E-state index in [1.165, 1.54) is 11.8 Å². The number of hydrogen-bond acceptors (Lipinski definition) is 7. The van der Waals surface area contributed by atoms with Gasteiger partial charge in [-0.1, -0.05) is 36.0 Å². The van der Waals surface area contributed by atoms with Crippen LogP contribution >= 0.6 is 11.8 Å². The monoisotopic (exact) mass is 439 g/mol. The lowest BCUT2D eigenvalue weighted by Crippen LogP contribution is -2.36. The number of morpholine rings is 1. The van der Waals surface area contributed by atoms with Gasteiger partial charge in [0, 0.05) is 30.5 Å². The quantitative estimate of drug-likeness (QED) is 0.541. The first kappa shape index (κ1) is 21.4. The van der Waals surface area contributed by atoms with Crippen molar-refractivity contribution in [2.24, 2.45) is 0 Å². The van der Waals surface area contributed by atoms with Gasteiger partial charge < -0.3 is 14.8 Å². The average Bonchev–Trinajstić information content (AvgIpc) is 3.21. The summed E-state index contributed by atoms with van der Waals surface area (Å²) < 4.78 is 12.7. The smallest absolute Gasteiger partial charge is 0.234 e. The van der Waals surface area contributed by atoms with E-state index in [-0.39, 0.29) is 11.7 Å². The van der Waals surface area contributed by atoms with Crippen LogP contribution in [0.5, 0.6) is 5.75 Å². The van der Waals surface area contributed by atoms with Crippen molar-refractivity contribution in [3.05, 3.63) is 60.4 Å². The molecule has 0 bridgehead atoms. The fourth-order valence-electron chi connectivity index (χ4n) is 3.32. The molecule has 9 heteroatoms. The molecular weight excluding hydrogens is 414 g/mol. The molecule has 1 aliphatic heterocycles. The van der Waals surface area contributed by atoms with Crippen molar-refractivity contribution in [1.82, 2.24) is 19.7 Å². The standard InChI is InChI=1S/C22H25N5O3S/c1-29-19-9-5-6-17(14-19)23-21(28)16-31-22-25-24-20(15-26-10-12-30-13-11-26)27(22)18-7-3-2-4-8-18/h2-9,14H,10-13,15-16H2,1H3,(H,23,28). The number of carbonyl (C=O) groups is 1. The van der Waals surface area contributed by atoms with Crippen LogP contribution in [0.4, 0.5) is 5.69 Å². The topological polar surface area (TPSA) is 81.5 Å². The molecule has 1 N–H and O–H groups in total. The molecule has 1 saturated heterocycles. The Kier molecular flexibility index (Phi) is 7.18. The minimum absolute atomic E-state index is 0.115. The normalized spacial score (nSPS) is 14.4. The summed E-state index contributed by atoms with van der Waals surface area (Å²) in [5, 5.41) is 12.4. The van der Waals surface area contributed by atoms with Gasteiger partial charge >= 0.3 is 0 Å². The van der Waals surface area contributed by atoms with Crippen molar-refractivity contribution in [2.45, 2.75) is 11.7 Å². The fourth-order valence-corrected chi connectivity index (χ4v) is 4.09. The molecule has 2 aromatic carbocycles. The summed E-state index contributed by atoms with van der Waals surface area (Å²) in [4.78, 5) is 14.8. The number of para-hydroxylation sites is 1. The highest BCUT2D eigenvalue weighted by molar-refractivity contribution is 7.99. The highest BCUT2D eigenvalue weighted by Crippen LogP contribution is 2.24. The van der Waals surface area contributed by atoms with Crippen LogP contribution in [0.1, 0.15) is 5.82 Å². The molecule has 0 saturated carbocycles. The van der Waals surface area contributed by atoms with Gasteiger partial charge in [-0.2, -0.15) is 0 Å². The van der Waals surface area contributed by atoms with E-state index in [1.807, 2.05) is 53.1 Å². The number of methoxy groups -OCH3 is 1.